The molecule has 0 heterocycles. The van der Waals surface area contributed by atoms with Gasteiger partial charge in [-0.05, 0) is 38.5 Å². The number of rotatable bonds is 1. The van der Waals surface area contributed by atoms with Crippen LogP contribution in [0.15, 0.2) is 11.1 Å². The lowest BCUT2D eigenvalue weighted by Gasteiger charge is -2.20. The first kappa shape index (κ1) is 7.84. The lowest BCUT2D eigenvalue weighted by atomic mass is 9.85. The Kier molecular flexibility index (Phi) is 1.53. The van der Waals surface area contributed by atoms with E-state index in [4.69, 9.17) is 5.11 Å². The zero-order chi connectivity index (χ0) is 8.88. The van der Waals surface area contributed by atoms with Gasteiger partial charge in [0.05, 0.1) is 5.92 Å². The van der Waals surface area contributed by atoms with Crippen LogP contribution >= 0.6 is 0 Å². The minimum absolute atomic E-state index is 0.0845. The van der Waals surface area contributed by atoms with Crippen LogP contribution in [0.25, 0.3) is 0 Å². The Balaban J connectivity index is 2.28. The average molecular weight is 166 g/mol. The summed E-state index contributed by atoms with van der Waals surface area (Å²) >= 11 is 0. The summed E-state index contributed by atoms with van der Waals surface area (Å²) in [7, 11) is 0. The molecule has 0 spiro atoms. The molecule has 3 unspecified atom stereocenters. The van der Waals surface area contributed by atoms with Crippen molar-refractivity contribution < 1.29 is 9.90 Å². The van der Waals surface area contributed by atoms with Gasteiger partial charge in [0.25, 0.3) is 0 Å². The van der Waals surface area contributed by atoms with Gasteiger partial charge in [0.15, 0.2) is 0 Å². The summed E-state index contributed by atoms with van der Waals surface area (Å²) in [5.74, 6) is 0.247. The lowest BCUT2D eigenvalue weighted by molar-refractivity contribution is -0.142. The van der Waals surface area contributed by atoms with E-state index in [9.17, 15) is 4.79 Å². The van der Waals surface area contributed by atoms with E-state index in [0.717, 1.165) is 12.8 Å². The minimum Gasteiger partial charge on any atom is -0.481 e. The number of hydrogen-bond donors (Lipinski definition) is 1. The fourth-order valence-electron chi connectivity index (χ4n) is 2.76. The van der Waals surface area contributed by atoms with E-state index < -0.39 is 5.97 Å². The summed E-state index contributed by atoms with van der Waals surface area (Å²) in [5, 5.41) is 8.92. The van der Waals surface area contributed by atoms with E-state index in [0.29, 0.717) is 11.8 Å². The van der Waals surface area contributed by atoms with Gasteiger partial charge < -0.3 is 5.11 Å². The molecule has 0 aromatic rings. The molecule has 2 aliphatic carbocycles. The van der Waals surface area contributed by atoms with Crippen molar-refractivity contribution in [3.05, 3.63) is 11.1 Å². The molecule has 0 amide bonds. The topological polar surface area (TPSA) is 37.3 Å². The van der Waals surface area contributed by atoms with Crippen LogP contribution < -0.4 is 0 Å². The van der Waals surface area contributed by atoms with Crippen LogP contribution in [0, 0.1) is 17.8 Å². The maximum atomic E-state index is 10.8. The second-order valence-corrected chi connectivity index (χ2v) is 4.09. The Morgan fingerprint density at radius 3 is 2.42 bits per heavy atom. The predicted octanol–water partition coefficient (Wildman–Crippen LogP) is 2.06. The first-order valence-electron chi connectivity index (χ1n) is 4.51. The molecule has 12 heavy (non-hydrogen) atoms. The molecule has 2 bridgehead atoms. The summed E-state index contributed by atoms with van der Waals surface area (Å²) in [5.41, 5.74) is 2.80. The zero-order valence-electron chi connectivity index (χ0n) is 7.50. The van der Waals surface area contributed by atoms with Gasteiger partial charge >= 0.3 is 5.97 Å². The van der Waals surface area contributed by atoms with Gasteiger partial charge in [-0.25, -0.2) is 0 Å². The van der Waals surface area contributed by atoms with E-state index in [1.165, 1.54) is 11.1 Å². The maximum absolute atomic E-state index is 10.8. The highest BCUT2D eigenvalue weighted by Gasteiger charge is 2.45. The molecule has 66 valence electrons. The fourth-order valence-corrected chi connectivity index (χ4v) is 2.76. The van der Waals surface area contributed by atoms with Crippen LogP contribution in [0.4, 0.5) is 0 Å². The van der Waals surface area contributed by atoms with Crippen LogP contribution in [0.2, 0.25) is 0 Å². The highest BCUT2D eigenvalue weighted by Crippen LogP contribution is 2.51. The Labute approximate surface area is 72.3 Å². The first-order chi connectivity index (χ1) is 5.61. The molecule has 1 saturated carbocycles. The summed E-state index contributed by atoms with van der Waals surface area (Å²) in [4.78, 5) is 10.8. The molecule has 0 saturated heterocycles. The fraction of sp³-hybridized carbons (Fsp3) is 0.700. The summed E-state index contributed by atoms with van der Waals surface area (Å²) in [6.45, 7) is 4.24. The van der Waals surface area contributed by atoms with E-state index in [-0.39, 0.29) is 5.92 Å². The van der Waals surface area contributed by atoms with E-state index >= 15 is 0 Å². The van der Waals surface area contributed by atoms with Crippen molar-refractivity contribution in [3.63, 3.8) is 0 Å². The van der Waals surface area contributed by atoms with Gasteiger partial charge in [-0.2, -0.15) is 0 Å². The molecule has 2 heteroatoms. The third kappa shape index (κ3) is 0.838. The SMILES string of the molecule is CC1=C(C)C2CC1CC2C(=O)O. The normalized spacial score (nSPS) is 39.3. The van der Waals surface area contributed by atoms with Gasteiger partial charge in [0.2, 0.25) is 0 Å². The molecule has 2 rings (SSSR count). The van der Waals surface area contributed by atoms with Crippen molar-refractivity contribution in [3.8, 4) is 0 Å². The smallest absolute Gasteiger partial charge is 0.307 e. The number of allylic oxidation sites excluding steroid dienone is 2. The second kappa shape index (κ2) is 2.35. The maximum Gasteiger partial charge on any atom is 0.307 e. The van der Waals surface area contributed by atoms with Crippen LogP contribution in [-0.4, -0.2) is 11.1 Å². The number of carboxylic acids is 1. The Hall–Kier alpha value is -0.790. The number of fused-ring (bicyclic) bond motifs is 2. The van der Waals surface area contributed by atoms with Gasteiger partial charge in [0.1, 0.15) is 0 Å². The second-order valence-electron chi connectivity index (χ2n) is 4.09. The molecule has 2 aliphatic rings. The molecular weight excluding hydrogens is 152 g/mol. The molecule has 2 nitrogen and oxygen atoms in total. The third-order valence-corrected chi connectivity index (χ3v) is 3.67. The summed E-state index contributed by atoms with van der Waals surface area (Å²) in [6.07, 6.45) is 1.97. The van der Waals surface area contributed by atoms with E-state index in [2.05, 4.69) is 13.8 Å². The number of aliphatic carboxylic acids is 1. The predicted molar refractivity (Wildman–Crippen MR) is 45.7 cm³/mol. The molecular formula is C10H14O2. The Bertz CT molecular complexity index is 265. The van der Waals surface area contributed by atoms with Crippen molar-refractivity contribution >= 4 is 5.97 Å². The Morgan fingerprint density at radius 1 is 1.33 bits per heavy atom. The van der Waals surface area contributed by atoms with Crippen molar-refractivity contribution in [1.29, 1.82) is 0 Å². The van der Waals surface area contributed by atoms with Crippen molar-refractivity contribution in [1.82, 2.24) is 0 Å². The molecule has 0 radical (unpaired) electrons. The van der Waals surface area contributed by atoms with Gasteiger partial charge in [0, 0.05) is 0 Å². The minimum atomic E-state index is -0.602. The number of hydrogen-bond acceptors (Lipinski definition) is 1. The van der Waals surface area contributed by atoms with Gasteiger partial charge in [-0.15, -0.1) is 0 Å². The van der Waals surface area contributed by atoms with E-state index in [1.807, 2.05) is 0 Å². The molecule has 1 fully saturated rings. The molecule has 1 N–H and O–H groups in total. The lowest BCUT2D eigenvalue weighted by Crippen LogP contribution is -2.21. The van der Waals surface area contributed by atoms with Crippen molar-refractivity contribution in [2.75, 3.05) is 0 Å². The van der Waals surface area contributed by atoms with Crippen molar-refractivity contribution in [2.45, 2.75) is 26.7 Å². The van der Waals surface area contributed by atoms with Crippen LogP contribution in [-0.2, 0) is 4.79 Å². The molecule has 0 aliphatic heterocycles. The van der Waals surface area contributed by atoms with Crippen molar-refractivity contribution in [2.24, 2.45) is 17.8 Å². The third-order valence-electron chi connectivity index (χ3n) is 3.67. The highest BCUT2D eigenvalue weighted by atomic mass is 16.4. The molecule has 3 atom stereocenters. The molecule has 0 aromatic heterocycles. The van der Waals surface area contributed by atoms with Crippen LogP contribution in [0.1, 0.15) is 26.7 Å². The van der Waals surface area contributed by atoms with Gasteiger partial charge in [-0.1, -0.05) is 11.1 Å². The standard InChI is InChI=1S/C10H14O2/c1-5-6(2)8-3-7(5)4-9(8)10(11)12/h7-9H,3-4H2,1-2H3,(H,11,12). The number of carbonyl (C=O) groups is 1. The summed E-state index contributed by atoms with van der Waals surface area (Å²) < 4.78 is 0. The van der Waals surface area contributed by atoms with Gasteiger partial charge in [-0.3, -0.25) is 4.79 Å². The first-order valence-corrected chi connectivity index (χ1v) is 4.51. The van der Waals surface area contributed by atoms with E-state index in [1.54, 1.807) is 0 Å². The van der Waals surface area contributed by atoms with Crippen LogP contribution in [0.5, 0.6) is 0 Å². The van der Waals surface area contributed by atoms with Crippen LogP contribution in [0.3, 0.4) is 0 Å². The largest absolute Gasteiger partial charge is 0.481 e. The quantitative estimate of drug-likeness (QED) is 0.605. The number of carboxylic acid groups (broad SMARTS) is 1. The summed E-state index contributed by atoms with van der Waals surface area (Å²) in [6, 6.07) is 0. The average Bonchev–Trinajstić information content (AvgIpc) is 2.53. The Morgan fingerprint density at radius 2 is 2.00 bits per heavy atom. The zero-order valence-corrected chi connectivity index (χ0v) is 7.50. The highest BCUT2D eigenvalue weighted by molar-refractivity contribution is 5.72. The molecule has 0 aromatic carbocycles. The monoisotopic (exact) mass is 166 g/mol.